The summed E-state index contributed by atoms with van der Waals surface area (Å²) in [5.41, 5.74) is 2.66. The number of ether oxygens (including phenoxy) is 3. The molecule has 0 saturated heterocycles. The van der Waals surface area contributed by atoms with Crippen LogP contribution in [0.3, 0.4) is 0 Å². The molecule has 106 valence electrons. The first-order valence-corrected chi connectivity index (χ1v) is 6.13. The average Bonchev–Trinajstić information content (AvgIpc) is 2.88. The summed E-state index contributed by atoms with van der Waals surface area (Å²) in [6, 6.07) is 5.63. The Morgan fingerprint density at radius 2 is 1.75 bits per heavy atom. The molecule has 0 spiro atoms. The van der Waals surface area contributed by atoms with Crippen LogP contribution in [0.15, 0.2) is 23.8 Å². The lowest BCUT2D eigenvalue weighted by molar-refractivity contribution is -0.156. The lowest BCUT2D eigenvalue weighted by Gasteiger charge is -2.13. The molecule has 0 aliphatic heterocycles. The van der Waals surface area contributed by atoms with Gasteiger partial charge in [-0.1, -0.05) is 12.1 Å². The van der Waals surface area contributed by atoms with Crippen LogP contribution in [0.5, 0.6) is 5.75 Å². The number of carbonyl (C=O) groups is 2. The van der Waals surface area contributed by atoms with Crippen molar-refractivity contribution in [3.8, 4) is 5.75 Å². The molecule has 1 aromatic rings. The largest absolute Gasteiger partial charge is 0.497 e. The van der Waals surface area contributed by atoms with Gasteiger partial charge in [0, 0.05) is 0 Å². The SMILES string of the molecule is COC(=O)C(C(=O)OC)C1=Cc2ccc(OC)cc2C1. The molecule has 0 saturated carbocycles. The number of rotatable bonds is 4. The first-order valence-electron chi connectivity index (χ1n) is 6.13. The Labute approximate surface area is 117 Å². The van der Waals surface area contributed by atoms with Crippen LogP contribution in [0.4, 0.5) is 0 Å². The summed E-state index contributed by atoms with van der Waals surface area (Å²) in [4.78, 5) is 23.6. The third kappa shape index (κ3) is 2.52. The zero-order chi connectivity index (χ0) is 14.7. The summed E-state index contributed by atoms with van der Waals surface area (Å²) in [6.07, 6.45) is 2.33. The van der Waals surface area contributed by atoms with E-state index >= 15 is 0 Å². The highest BCUT2D eigenvalue weighted by molar-refractivity contribution is 5.99. The Morgan fingerprint density at radius 1 is 1.10 bits per heavy atom. The van der Waals surface area contributed by atoms with Crippen LogP contribution < -0.4 is 4.74 Å². The van der Waals surface area contributed by atoms with Crippen LogP contribution in [-0.4, -0.2) is 33.3 Å². The van der Waals surface area contributed by atoms with Gasteiger partial charge in [-0.25, -0.2) is 0 Å². The van der Waals surface area contributed by atoms with E-state index < -0.39 is 17.9 Å². The maximum absolute atomic E-state index is 11.8. The molecule has 5 nitrogen and oxygen atoms in total. The van der Waals surface area contributed by atoms with Gasteiger partial charge in [-0.2, -0.15) is 0 Å². The van der Waals surface area contributed by atoms with Crippen LogP contribution in [0.2, 0.25) is 0 Å². The van der Waals surface area contributed by atoms with Crippen LogP contribution in [-0.2, 0) is 25.5 Å². The van der Waals surface area contributed by atoms with Crippen molar-refractivity contribution in [1.82, 2.24) is 0 Å². The Kier molecular flexibility index (Phi) is 4.08. The van der Waals surface area contributed by atoms with Crippen LogP contribution in [0.25, 0.3) is 6.08 Å². The van der Waals surface area contributed by atoms with Gasteiger partial charge in [0.25, 0.3) is 0 Å². The van der Waals surface area contributed by atoms with E-state index in [0.29, 0.717) is 12.0 Å². The molecule has 0 aromatic heterocycles. The summed E-state index contributed by atoms with van der Waals surface area (Å²) in [5, 5.41) is 0. The molecular weight excluding hydrogens is 260 g/mol. The smallest absolute Gasteiger partial charge is 0.324 e. The molecule has 5 heteroatoms. The second kappa shape index (κ2) is 5.77. The highest BCUT2D eigenvalue weighted by Crippen LogP contribution is 2.33. The average molecular weight is 276 g/mol. The fourth-order valence-corrected chi connectivity index (χ4v) is 2.29. The van der Waals surface area contributed by atoms with Crippen molar-refractivity contribution in [3.05, 3.63) is 34.9 Å². The fraction of sp³-hybridized carbons (Fsp3) is 0.333. The fourth-order valence-electron chi connectivity index (χ4n) is 2.29. The van der Waals surface area contributed by atoms with Crippen molar-refractivity contribution in [2.45, 2.75) is 6.42 Å². The minimum atomic E-state index is -1.01. The standard InChI is InChI=1S/C15H16O5/c1-18-12-5-4-9-6-11(7-10(9)8-12)13(14(16)19-2)15(17)20-3/h4-6,8,13H,7H2,1-3H3. The zero-order valence-corrected chi connectivity index (χ0v) is 11.6. The lowest BCUT2D eigenvalue weighted by atomic mass is 9.97. The minimum Gasteiger partial charge on any atom is -0.497 e. The predicted octanol–water partition coefficient (Wildman–Crippen LogP) is 1.60. The molecule has 0 amide bonds. The normalized spacial score (nSPS) is 12.7. The predicted molar refractivity (Wildman–Crippen MR) is 72.2 cm³/mol. The van der Waals surface area contributed by atoms with E-state index in [9.17, 15) is 9.59 Å². The van der Waals surface area contributed by atoms with Gasteiger partial charge in [0.2, 0.25) is 0 Å². The monoisotopic (exact) mass is 276 g/mol. The van der Waals surface area contributed by atoms with Crippen molar-refractivity contribution < 1.29 is 23.8 Å². The second-order valence-corrected chi connectivity index (χ2v) is 4.44. The Morgan fingerprint density at radius 3 is 2.30 bits per heavy atom. The van der Waals surface area contributed by atoms with Gasteiger partial charge in [0.15, 0.2) is 5.92 Å². The van der Waals surface area contributed by atoms with Crippen molar-refractivity contribution in [1.29, 1.82) is 0 Å². The van der Waals surface area contributed by atoms with Gasteiger partial charge in [-0.3, -0.25) is 9.59 Å². The summed E-state index contributed by atoms with van der Waals surface area (Å²) < 4.78 is 14.5. The van der Waals surface area contributed by atoms with E-state index in [1.54, 1.807) is 7.11 Å². The number of esters is 2. The molecule has 0 heterocycles. The third-order valence-corrected chi connectivity index (χ3v) is 3.33. The molecule has 2 rings (SSSR count). The zero-order valence-electron chi connectivity index (χ0n) is 11.6. The molecule has 1 aliphatic carbocycles. The van der Waals surface area contributed by atoms with Gasteiger partial charge in [-0.15, -0.1) is 0 Å². The molecule has 0 radical (unpaired) electrons. The second-order valence-electron chi connectivity index (χ2n) is 4.44. The molecule has 0 atom stereocenters. The van der Waals surface area contributed by atoms with Gasteiger partial charge < -0.3 is 14.2 Å². The molecule has 1 aliphatic rings. The topological polar surface area (TPSA) is 61.8 Å². The number of fused-ring (bicyclic) bond motifs is 1. The number of hydrogen-bond acceptors (Lipinski definition) is 5. The number of carbonyl (C=O) groups excluding carboxylic acids is 2. The summed E-state index contributed by atoms with van der Waals surface area (Å²) in [6.45, 7) is 0. The maximum Gasteiger partial charge on any atom is 0.324 e. The van der Waals surface area contributed by atoms with Crippen molar-refractivity contribution in [3.63, 3.8) is 0 Å². The quantitative estimate of drug-likeness (QED) is 0.617. The van der Waals surface area contributed by atoms with E-state index in [2.05, 4.69) is 9.47 Å². The van der Waals surface area contributed by atoms with Crippen LogP contribution >= 0.6 is 0 Å². The third-order valence-electron chi connectivity index (χ3n) is 3.33. The number of benzene rings is 1. The molecule has 0 fully saturated rings. The Bertz CT molecular complexity index is 558. The van der Waals surface area contributed by atoms with E-state index in [4.69, 9.17) is 4.74 Å². The van der Waals surface area contributed by atoms with E-state index in [0.717, 1.165) is 16.9 Å². The van der Waals surface area contributed by atoms with Crippen LogP contribution in [0, 0.1) is 5.92 Å². The van der Waals surface area contributed by atoms with Gasteiger partial charge in [-0.05, 0) is 35.3 Å². The summed E-state index contributed by atoms with van der Waals surface area (Å²) in [7, 11) is 4.10. The van der Waals surface area contributed by atoms with Crippen molar-refractivity contribution in [2.75, 3.05) is 21.3 Å². The Balaban J connectivity index is 2.30. The number of hydrogen-bond donors (Lipinski definition) is 0. The molecule has 0 bridgehead atoms. The first-order chi connectivity index (χ1) is 9.60. The highest BCUT2D eigenvalue weighted by atomic mass is 16.5. The van der Waals surface area contributed by atoms with E-state index in [1.165, 1.54) is 14.2 Å². The van der Waals surface area contributed by atoms with E-state index in [1.807, 2.05) is 24.3 Å². The van der Waals surface area contributed by atoms with Crippen molar-refractivity contribution in [2.24, 2.45) is 5.92 Å². The van der Waals surface area contributed by atoms with E-state index in [-0.39, 0.29) is 0 Å². The minimum absolute atomic E-state index is 0.501. The van der Waals surface area contributed by atoms with Crippen molar-refractivity contribution >= 4 is 18.0 Å². The maximum atomic E-state index is 11.8. The molecule has 20 heavy (non-hydrogen) atoms. The first kappa shape index (κ1) is 14.1. The summed E-state index contributed by atoms with van der Waals surface area (Å²) >= 11 is 0. The van der Waals surface area contributed by atoms with Gasteiger partial charge in [0.05, 0.1) is 21.3 Å². The van der Waals surface area contributed by atoms with Gasteiger partial charge >= 0.3 is 11.9 Å². The lowest BCUT2D eigenvalue weighted by Crippen LogP contribution is -2.28. The summed E-state index contributed by atoms with van der Waals surface area (Å²) in [5.74, 6) is -1.49. The molecule has 0 N–H and O–H groups in total. The molecule has 0 unspecified atom stereocenters. The number of methoxy groups -OCH3 is 3. The van der Waals surface area contributed by atoms with Crippen LogP contribution in [0.1, 0.15) is 11.1 Å². The molecule has 1 aromatic carbocycles. The Hall–Kier alpha value is -2.30. The van der Waals surface area contributed by atoms with Gasteiger partial charge in [0.1, 0.15) is 5.75 Å². The highest BCUT2D eigenvalue weighted by Gasteiger charge is 2.34. The molecular formula is C15H16O5.